The topological polar surface area (TPSA) is 26.8 Å². The normalized spacial score (nSPS) is 20.5. The minimum absolute atomic E-state index is 0.0575. The van der Waals surface area contributed by atoms with Crippen LogP contribution in [0.15, 0.2) is 54.6 Å². The molecule has 0 radical (unpaired) electrons. The molecule has 2 amide bonds. The molecule has 0 spiro atoms. The van der Waals surface area contributed by atoms with Crippen molar-refractivity contribution < 1.29 is 13.6 Å². The molecule has 0 aliphatic carbocycles. The van der Waals surface area contributed by atoms with E-state index in [4.69, 9.17) is 0 Å². The van der Waals surface area contributed by atoms with Crippen LogP contribution in [0.2, 0.25) is 0 Å². The molecule has 6 heteroatoms. The molecule has 1 atom stereocenters. The number of amides is 2. The van der Waals surface area contributed by atoms with Crippen molar-refractivity contribution in [3.05, 3.63) is 77.4 Å². The van der Waals surface area contributed by atoms with E-state index in [2.05, 4.69) is 11.9 Å². The Labute approximate surface area is 182 Å². The van der Waals surface area contributed by atoms with Crippen molar-refractivity contribution in [2.24, 2.45) is 0 Å². The van der Waals surface area contributed by atoms with Gasteiger partial charge in [-0.15, -0.1) is 0 Å². The Balaban J connectivity index is 1.62. The SMILES string of the molecule is CN1CCC(N(C)C(=O)N2CC(c3cc(F)ccc3F)=CC(c3ccccc3)C2)CC1. The average Bonchev–Trinajstić information content (AvgIpc) is 2.80. The molecular weight excluding hydrogens is 396 g/mol. The van der Waals surface area contributed by atoms with Crippen LogP contribution in [0.25, 0.3) is 5.57 Å². The van der Waals surface area contributed by atoms with E-state index in [1.165, 1.54) is 6.07 Å². The first-order chi connectivity index (χ1) is 14.9. The fourth-order valence-electron chi connectivity index (χ4n) is 4.58. The molecule has 0 bridgehead atoms. The van der Waals surface area contributed by atoms with Gasteiger partial charge in [-0.05, 0) is 62.3 Å². The van der Waals surface area contributed by atoms with E-state index >= 15 is 0 Å². The van der Waals surface area contributed by atoms with E-state index in [1.807, 2.05) is 48.4 Å². The van der Waals surface area contributed by atoms with Crippen LogP contribution in [0.1, 0.15) is 29.9 Å². The number of piperidine rings is 1. The molecule has 2 aliphatic rings. The quantitative estimate of drug-likeness (QED) is 0.719. The Kier molecular flexibility index (Phi) is 6.37. The van der Waals surface area contributed by atoms with Crippen LogP contribution in [-0.4, -0.2) is 67.0 Å². The maximum absolute atomic E-state index is 14.6. The number of urea groups is 1. The summed E-state index contributed by atoms with van der Waals surface area (Å²) in [5.74, 6) is -1.04. The van der Waals surface area contributed by atoms with Gasteiger partial charge in [0.2, 0.25) is 0 Å². The molecule has 0 aromatic heterocycles. The van der Waals surface area contributed by atoms with Crippen LogP contribution < -0.4 is 0 Å². The third kappa shape index (κ3) is 4.79. The first-order valence-electron chi connectivity index (χ1n) is 10.8. The Bertz CT molecular complexity index is 954. The highest BCUT2D eigenvalue weighted by Crippen LogP contribution is 2.32. The average molecular weight is 426 g/mol. The number of hydrogen-bond acceptors (Lipinski definition) is 2. The second-order valence-electron chi connectivity index (χ2n) is 8.64. The van der Waals surface area contributed by atoms with Crippen molar-refractivity contribution >= 4 is 11.6 Å². The summed E-state index contributed by atoms with van der Waals surface area (Å²) in [6.45, 7) is 2.71. The zero-order valence-corrected chi connectivity index (χ0v) is 18.1. The van der Waals surface area contributed by atoms with Crippen LogP contribution in [0, 0.1) is 11.6 Å². The lowest BCUT2D eigenvalue weighted by atomic mass is 9.89. The molecular formula is C25H29F2N3O. The Hall–Kier alpha value is -2.73. The van der Waals surface area contributed by atoms with E-state index in [-0.39, 0.29) is 30.1 Å². The fraction of sp³-hybridized carbons (Fsp3) is 0.400. The van der Waals surface area contributed by atoms with Crippen molar-refractivity contribution in [3.63, 3.8) is 0 Å². The summed E-state index contributed by atoms with van der Waals surface area (Å²) >= 11 is 0. The van der Waals surface area contributed by atoms with E-state index in [0.29, 0.717) is 12.1 Å². The summed E-state index contributed by atoms with van der Waals surface area (Å²) < 4.78 is 28.5. The smallest absolute Gasteiger partial charge is 0.320 e. The molecule has 0 N–H and O–H groups in total. The highest BCUT2D eigenvalue weighted by molar-refractivity contribution is 5.80. The number of rotatable bonds is 3. The molecule has 4 nitrogen and oxygen atoms in total. The van der Waals surface area contributed by atoms with Gasteiger partial charge in [-0.25, -0.2) is 13.6 Å². The number of carbonyl (C=O) groups excluding carboxylic acids is 1. The highest BCUT2D eigenvalue weighted by Gasteiger charge is 2.32. The highest BCUT2D eigenvalue weighted by atomic mass is 19.1. The zero-order chi connectivity index (χ0) is 22.0. The Morgan fingerprint density at radius 2 is 1.77 bits per heavy atom. The van der Waals surface area contributed by atoms with Crippen LogP contribution in [0.4, 0.5) is 13.6 Å². The molecule has 1 saturated heterocycles. The summed E-state index contributed by atoms with van der Waals surface area (Å²) in [7, 11) is 3.95. The summed E-state index contributed by atoms with van der Waals surface area (Å²) in [6.07, 6.45) is 3.86. The summed E-state index contributed by atoms with van der Waals surface area (Å²) in [6, 6.07) is 13.5. The molecule has 1 unspecified atom stereocenters. The Morgan fingerprint density at radius 3 is 2.48 bits per heavy atom. The Morgan fingerprint density at radius 1 is 1.06 bits per heavy atom. The lowest BCUT2D eigenvalue weighted by molar-refractivity contribution is 0.121. The second kappa shape index (κ2) is 9.18. The third-order valence-electron chi connectivity index (χ3n) is 6.49. The number of likely N-dealkylation sites (tertiary alicyclic amines) is 1. The summed E-state index contributed by atoms with van der Waals surface area (Å²) in [5, 5.41) is 0. The first kappa shape index (κ1) is 21.5. The fourth-order valence-corrected chi connectivity index (χ4v) is 4.58. The van der Waals surface area contributed by atoms with Crippen molar-refractivity contribution in [2.75, 3.05) is 40.3 Å². The van der Waals surface area contributed by atoms with Crippen molar-refractivity contribution in [3.8, 4) is 0 Å². The van der Waals surface area contributed by atoms with Gasteiger partial charge in [-0.1, -0.05) is 36.4 Å². The molecule has 1 fully saturated rings. The number of hydrogen-bond donors (Lipinski definition) is 0. The van der Waals surface area contributed by atoms with Gasteiger partial charge in [0.05, 0.1) is 0 Å². The summed E-state index contributed by atoms with van der Waals surface area (Å²) in [5.41, 5.74) is 1.92. The van der Waals surface area contributed by atoms with Gasteiger partial charge < -0.3 is 14.7 Å². The largest absolute Gasteiger partial charge is 0.325 e. The maximum atomic E-state index is 14.6. The number of nitrogens with zero attached hydrogens (tertiary/aromatic N) is 3. The zero-order valence-electron chi connectivity index (χ0n) is 18.1. The molecule has 4 rings (SSSR count). The first-order valence-corrected chi connectivity index (χ1v) is 10.8. The van der Waals surface area contributed by atoms with E-state index < -0.39 is 11.6 Å². The van der Waals surface area contributed by atoms with E-state index in [9.17, 15) is 13.6 Å². The van der Waals surface area contributed by atoms with Crippen LogP contribution >= 0.6 is 0 Å². The van der Waals surface area contributed by atoms with Gasteiger partial charge in [0, 0.05) is 37.7 Å². The molecule has 164 valence electrons. The monoisotopic (exact) mass is 425 g/mol. The van der Waals surface area contributed by atoms with E-state index in [1.54, 1.807) is 4.90 Å². The van der Waals surface area contributed by atoms with Crippen molar-refractivity contribution in [1.82, 2.24) is 14.7 Å². The molecule has 2 aromatic carbocycles. The van der Waals surface area contributed by atoms with Gasteiger partial charge in [0.25, 0.3) is 0 Å². The van der Waals surface area contributed by atoms with Crippen LogP contribution in [0.5, 0.6) is 0 Å². The second-order valence-corrected chi connectivity index (χ2v) is 8.64. The third-order valence-corrected chi connectivity index (χ3v) is 6.49. The molecule has 2 aromatic rings. The molecule has 2 heterocycles. The maximum Gasteiger partial charge on any atom is 0.320 e. The minimum Gasteiger partial charge on any atom is -0.325 e. The predicted molar refractivity (Wildman–Crippen MR) is 119 cm³/mol. The van der Waals surface area contributed by atoms with Crippen molar-refractivity contribution in [1.29, 1.82) is 0 Å². The molecule has 2 aliphatic heterocycles. The predicted octanol–water partition coefficient (Wildman–Crippen LogP) is 4.59. The van der Waals surface area contributed by atoms with Gasteiger partial charge >= 0.3 is 6.03 Å². The lowest BCUT2D eigenvalue weighted by Gasteiger charge is -2.40. The minimum atomic E-state index is -0.486. The standard InChI is InChI=1S/C25H29F2N3O/c1-28-12-10-22(11-13-28)29(2)25(31)30-16-19(18-6-4-3-5-7-18)14-20(17-30)23-15-21(26)8-9-24(23)27/h3-9,14-15,19,22H,10-13,16-17H2,1-2H3. The van der Waals surface area contributed by atoms with Gasteiger partial charge in [0.15, 0.2) is 0 Å². The summed E-state index contributed by atoms with van der Waals surface area (Å²) in [4.78, 5) is 19.3. The number of carbonyl (C=O) groups is 1. The number of halogens is 2. The van der Waals surface area contributed by atoms with Gasteiger partial charge in [-0.2, -0.15) is 0 Å². The molecule has 31 heavy (non-hydrogen) atoms. The van der Waals surface area contributed by atoms with Crippen LogP contribution in [-0.2, 0) is 0 Å². The van der Waals surface area contributed by atoms with Crippen LogP contribution in [0.3, 0.4) is 0 Å². The van der Waals surface area contributed by atoms with Crippen molar-refractivity contribution in [2.45, 2.75) is 24.8 Å². The van der Waals surface area contributed by atoms with Gasteiger partial charge in [-0.3, -0.25) is 0 Å². The lowest BCUT2D eigenvalue weighted by Crippen LogP contribution is -2.51. The van der Waals surface area contributed by atoms with Gasteiger partial charge in [0.1, 0.15) is 11.6 Å². The van der Waals surface area contributed by atoms with E-state index in [0.717, 1.165) is 43.6 Å². The number of benzene rings is 2. The molecule has 0 saturated carbocycles.